The number of esters is 1. The van der Waals surface area contributed by atoms with Gasteiger partial charge in [-0.3, -0.25) is 4.79 Å². The predicted octanol–water partition coefficient (Wildman–Crippen LogP) is 3.78. The van der Waals surface area contributed by atoms with Gasteiger partial charge in [-0.2, -0.15) is 5.26 Å². The Morgan fingerprint density at radius 2 is 1.96 bits per heavy atom. The zero-order valence-corrected chi connectivity index (χ0v) is 14.9. The molecule has 1 heterocycles. The van der Waals surface area contributed by atoms with Crippen LogP contribution >= 0.6 is 11.3 Å². The van der Waals surface area contributed by atoms with Crippen molar-refractivity contribution >= 4 is 28.2 Å². The van der Waals surface area contributed by atoms with Crippen LogP contribution in [0, 0.1) is 17.2 Å². The van der Waals surface area contributed by atoms with Crippen molar-refractivity contribution in [3.05, 3.63) is 51.4 Å². The number of rotatable bonds is 3. The van der Waals surface area contributed by atoms with Gasteiger partial charge < -0.3 is 10.1 Å². The summed E-state index contributed by atoms with van der Waals surface area (Å²) in [5.74, 6) is -0.134. The van der Waals surface area contributed by atoms with Crippen molar-refractivity contribution in [3.63, 3.8) is 0 Å². The molecule has 2 aromatic rings. The number of anilines is 1. The summed E-state index contributed by atoms with van der Waals surface area (Å²) in [6.45, 7) is 2.20. The minimum Gasteiger partial charge on any atom is -0.465 e. The van der Waals surface area contributed by atoms with Crippen LogP contribution in [0.3, 0.4) is 0 Å². The number of methoxy groups -OCH3 is 1. The SMILES string of the molecule is COC(=O)c1ccc(C(=O)Nc2sc3c(c2C#N)CC[C@@H](C)C3)cc1. The van der Waals surface area contributed by atoms with Crippen molar-refractivity contribution in [1.82, 2.24) is 0 Å². The Balaban J connectivity index is 1.82. The summed E-state index contributed by atoms with van der Waals surface area (Å²) >= 11 is 1.50. The molecule has 1 N–H and O–H groups in total. The van der Waals surface area contributed by atoms with Gasteiger partial charge in [0, 0.05) is 10.4 Å². The summed E-state index contributed by atoms with van der Waals surface area (Å²) < 4.78 is 4.64. The average molecular weight is 354 g/mol. The van der Waals surface area contributed by atoms with Crippen LogP contribution in [-0.4, -0.2) is 19.0 Å². The molecule has 1 aromatic heterocycles. The van der Waals surface area contributed by atoms with Crippen LogP contribution in [0.25, 0.3) is 0 Å². The van der Waals surface area contributed by atoms with Gasteiger partial charge in [0.15, 0.2) is 0 Å². The van der Waals surface area contributed by atoms with Crippen LogP contribution in [0.5, 0.6) is 0 Å². The van der Waals surface area contributed by atoms with Gasteiger partial charge in [0.25, 0.3) is 5.91 Å². The lowest BCUT2D eigenvalue weighted by molar-refractivity contribution is 0.0600. The van der Waals surface area contributed by atoms with E-state index in [-0.39, 0.29) is 5.91 Å². The zero-order chi connectivity index (χ0) is 18.0. The highest BCUT2D eigenvalue weighted by atomic mass is 32.1. The second-order valence-electron chi connectivity index (χ2n) is 6.19. The summed E-state index contributed by atoms with van der Waals surface area (Å²) in [6.07, 6.45) is 2.92. The molecule has 1 atom stereocenters. The fraction of sp³-hybridized carbons (Fsp3) is 0.316. The summed E-state index contributed by atoms with van der Waals surface area (Å²) in [5.41, 5.74) is 2.49. The molecule has 1 aromatic carbocycles. The minimum atomic E-state index is -0.446. The third-order valence-corrected chi connectivity index (χ3v) is 5.59. The molecule has 0 spiro atoms. The van der Waals surface area contributed by atoms with Crippen LogP contribution in [0.1, 0.15) is 50.1 Å². The van der Waals surface area contributed by atoms with E-state index in [9.17, 15) is 14.9 Å². The maximum absolute atomic E-state index is 12.5. The first-order chi connectivity index (χ1) is 12.0. The third kappa shape index (κ3) is 3.42. The summed E-state index contributed by atoms with van der Waals surface area (Å²) in [5, 5.41) is 13.0. The molecule has 1 amide bonds. The first-order valence-corrected chi connectivity index (χ1v) is 8.89. The van der Waals surface area contributed by atoms with Crippen molar-refractivity contribution in [3.8, 4) is 6.07 Å². The van der Waals surface area contributed by atoms with Gasteiger partial charge in [-0.15, -0.1) is 11.3 Å². The van der Waals surface area contributed by atoms with Gasteiger partial charge in [0.1, 0.15) is 11.1 Å². The molecule has 0 saturated heterocycles. The van der Waals surface area contributed by atoms with E-state index < -0.39 is 5.97 Å². The standard InChI is InChI=1S/C19H18N2O3S/c1-11-3-8-14-15(10-20)18(25-16(14)9-11)21-17(22)12-4-6-13(7-5-12)19(23)24-2/h4-7,11H,3,8-9H2,1-2H3,(H,21,22)/t11-/m1/s1. The normalized spacial score (nSPS) is 15.8. The van der Waals surface area contributed by atoms with E-state index in [2.05, 4.69) is 23.0 Å². The number of nitrogens with one attached hydrogen (secondary N) is 1. The Morgan fingerprint density at radius 3 is 2.60 bits per heavy atom. The lowest BCUT2D eigenvalue weighted by atomic mass is 9.88. The van der Waals surface area contributed by atoms with Crippen molar-refractivity contribution in [1.29, 1.82) is 5.26 Å². The largest absolute Gasteiger partial charge is 0.465 e. The van der Waals surface area contributed by atoms with Gasteiger partial charge in [-0.05, 0) is 55.0 Å². The first kappa shape index (κ1) is 17.2. The number of carbonyl (C=O) groups excluding carboxylic acids is 2. The Labute approximate surface area is 150 Å². The predicted molar refractivity (Wildman–Crippen MR) is 96.0 cm³/mol. The summed E-state index contributed by atoms with van der Waals surface area (Å²) in [7, 11) is 1.31. The van der Waals surface area contributed by atoms with E-state index in [1.165, 1.54) is 23.3 Å². The molecule has 5 nitrogen and oxygen atoms in total. The molecule has 0 saturated carbocycles. The molecule has 25 heavy (non-hydrogen) atoms. The number of nitrogens with zero attached hydrogens (tertiary/aromatic N) is 1. The Bertz CT molecular complexity index is 862. The molecule has 0 bridgehead atoms. The highest BCUT2D eigenvalue weighted by molar-refractivity contribution is 7.16. The summed E-state index contributed by atoms with van der Waals surface area (Å²) in [6, 6.07) is 8.48. The maximum atomic E-state index is 12.5. The van der Waals surface area contributed by atoms with E-state index in [0.717, 1.165) is 24.8 Å². The van der Waals surface area contributed by atoms with E-state index in [4.69, 9.17) is 0 Å². The molecule has 0 aliphatic heterocycles. The molecule has 128 valence electrons. The molecule has 0 unspecified atom stereocenters. The Hall–Kier alpha value is -2.65. The van der Waals surface area contributed by atoms with Crippen molar-refractivity contribution in [2.45, 2.75) is 26.2 Å². The van der Waals surface area contributed by atoms with Crippen LogP contribution < -0.4 is 5.32 Å². The number of hydrogen-bond acceptors (Lipinski definition) is 5. The molecular formula is C19H18N2O3S. The van der Waals surface area contributed by atoms with Gasteiger partial charge in [-0.1, -0.05) is 6.92 Å². The van der Waals surface area contributed by atoms with Crippen molar-refractivity contribution < 1.29 is 14.3 Å². The number of fused-ring (bicyclic) bond motifs is 1. The van der Waals surface area contributed by atoms with Crippen LogP contribution in [0.15, 0.2) is 24.3 Å². The maximum Gasteiger partial charge on any atom is 0.337 e. The van der Waals surface area contributed by atoms with Crippen molar-refractivity contribution in [2.24, 2.45) is 5.92 Å². The highest BCUT2D eigenvalue weighted by Gasteiger charge is 2.24. The zero-order valence-electron chi connectivity index (χ0n) is 14.1. The second kappa shape index (κ2) is 7.08. The average Bonchev–Trinajstić information content (AvgIpc) is 2.96. The lowest BCUT2D eigenvalue weighted by Gasteiger charge is -2.17. The number of hydrogen-bond donors (Lipinski definition) is 1. The molecular weight excluding hydrogens is 336 g/mol. The van der Waals surface area contributed by atoms with E-state index in [1.54, 1.807) is 24.3 Å². The van der Waals surface area contributed by atoms with E-state index in [1.807, 2.05) is 0 Å². The second-order valence-corrected chi connectivity index (χ2v) is 7.30. The van der Waals surface area contributed by atoms with Gasteiger partial charge in [0.05, 0.1) is 18.2 Å². The molecule has 0 fully saturated rings. The number of ether oxygens (including phenoxy) is 1. The molecule has 0 radical (unpaired) electrons. The number of benzene rings is 1. The van der Waals surface area contributed by atoms with E-state index >= 15 is 0 Å². The lowest BCUT2D eigenvalue weighted by Crippen LogP contribution is -2.12. The van der Waals surface area contributed by atoms with Crippen molar-refractivity contribution in [2.75, 3.05) is 12.4 Å². The fourth-order valence-corrected chi connectivity index (χ4v) is 4.36. The highest BCUT2D eigenvalue weighted by Crippen LogP contribution is 2.39. The van der Waals surface area contributed by atoms with Crippen LogP contribution in [0.4, 0.5) is 5.00 Å². The molecule has 1 aliphatic rings. The Kier molecular flexibility index (Phi) is 4.86. The quantitative estimate of drug-likeness (QED) is 0.851. The number of nitriles is 1. The van der Waals surface area contributed by atoms with Gasteiger partial charge in [-0.25, -0.2) is 4.79 Å². The van der Waals surface area contributed by atoms with Gasteiger partial charge in [0.2, 0.25) is 0 Å². The minimum absolute atomic E-state index is 0.292. The number of thiophene rings is 1. The first-order valence-electron chi connectivity index (χ1n) is 8.07. The smallest absolute Gasteiger partial charge is 0.337 e. The fourth-order valence-electron chi connectivity index (χ4n) is 3.01. The monoisotopic (exact) mass is 354 g/mol. The molecule has 3 rings (SSSR count). The number of carbonyl (C=O) groups is 2. The van der Waals surface area contributed by atoms with Crippen LogP contribution in [0.2, 0.25) is 0 Å². The molecule has 1 aliphatic carbocycles. The molecule has 6 heteroatoms. The van der Waals surface area contributed by atoms with E-state index in [0.29, 0.717) is 27.6 Å². The topological polar surface area (TPSA) is 79.2 Å². The Morgan fingerprint density at radius 1 is 1.28 bits per heavy atom. The van der Waals surface area contributed by atoms with Crippen LogP contribution in [-0.2, 0) is 17.6 Å². The number of amides is 1. The summed E-state index contributed by atoms with van der Waals surface area (Å²) in [4.78, 5) is 25.1. The third-order valence-electron chi connectivity index (χ3n) is 4.42. The van der Waals surface area contributed by atoms with Gasteiger partial charge >= 0.3 is 5.97 Å².